The van der Waals surface area contributed by atoms with Crippen LogP contribution in [0.3, 0.4) is 0 Å². The SMILES string of the molecule is C/C=C\c1ccc2c(c1N)c1ccccc1n2-c1cc(C)cc(-c2cccc3c2oc2ccccc23)c1. The van der Waals surface area contributed by atoms with Gasteiger partial charge in [0.1, 0.15) is 11.2 Å². The molecule has 0 saturated heterocycles. The maximum atomic E-state index is 6.74. The Labute approximate surface area is 215 Å². The number of para-hydroxylation sites is 3. The Kier molecular flexibility index (Phi) is 4.73. The van der Waals surface area contributed by atoms with Crippen molar-refractivity contribution in [3.63, 3.8) is 0 Å². The largest absolute Gasteiger partial charge is 0.455 e. The molecule has 0 bridgehead atoms. The van der Waals surface area contributed by atoms with E-state index in [4.69, 9.17) is 10.2 Å². The van der Waals surface area contributed by atoms with Gasteiger partial charge < -0.3 is 14.7 Å². The lowest BCUT2D eigenvalue weighted by Crippen LogP contribution is -1.97. The predicted molar refractivity (Wildman–Crippen MR) is 157 cm³/mol. The van der Waals surface area contributed by atoms with Crippen LogP contribution in [0.5, 0.6) is 0 Å². The fraction of sp³-hybridized carbons (Fsp3) is 0.0588. The van der Waals surface area contributed by atoms with Gasteiger partial charge in [0.15, 0.2) is 0 Å². The van der Waals surface area contributed by atoms with E-state index in [1.54, 1.807) is 0 Å². The number of nitrogen functional groups attached to an aromatic ring is 1. The molecule has 0 fully saturated rings. The minimum Gasteiger partial charge on any atom is -0.455 e. The molecule has 0 unspecified atom stereocenters. The fourth-order valence-electron chi connectivity index (χ4n) is 5.73. The summed E-state index contributed by atoms with van der Waals surface area (Å²) >= 11 is 0. The summed E-state index contributed by atoms with van der Waals surface area (Å²) in [7, 11) is 0. The van der Waals surface area contributed by atoms with E-state index in [9.17, 15) is 0 Å². The average molecular weight is 479 g/mol. The maximum Gasteiger partial charge on any atom is 0.143 e. The number of aromatic nitrogens is 1. The lowest BCUT2D eigenvalue weighted by Gasteiger charge is -2.13. The number of hydrogen-bond donors (Lipinski definition) is 1. The molecular weight excluding hydrogens is 452 g/mol. The van der Waals surface area contributed by atoms with Gasteiger partial charge in [-0.05, 0) is 60.9 Å². The zero-order valence-electron chi connectivity index (χ0n) is 20.8. The third-order valence-corrected chi connectivity index (χ3v) is 7.29. The van der Waals surface area contributed by atoms with Gasteiger partial charge in [-0.3, -0.25) is 0 Å². The molecular formula is C34H26N2O. The fourth-order valence-corrected chi connectivity index (χ4v) is 5.73. The molecule has 3 nitrogen and oxygen atoms in total. The van der Waals surface area contributed by atoms with E-state index in [-0.39, 0.29) is 0 Å². The van der Waals surface area contributed by atoms with Crippen LogP contribution in [0.15, 0.2) is 108 Å². The summed E-state index contributed by atoms with van der Waals surface area (Å²) in [4.78, 5) is 0. The second-order valence-corrected chi connectivity index (χ2v) is 9.65. The number of fused-ring (bicyclic) bond motifs is 6. The maximum absolute atomic E-state index is 6.74. The number of rotatable bonds is 3. The minimum atomic E-state index is 0.811. The highest BCUT2D eigenvalue weighted by atomic mass is 16.3. The van der Waals surface area contributed by atoms with Crippen molar-refractivity contribution in [2.24, 2.45) is 0 Å². The second kappa shape index (κ2) is 8.14. The van der Waals surface area contributed by atoms with Crippen molar-refractivity contribution in [1.82, 2.24) is 4.57 Å². The van der Waals surface area contributed by atoms with Gasteiger partial charge in [-0.15, -0.1) is 0 Å². The molecule has 0 aliphatic carbocycles. The van der Waals surface area contributed by atoms with Crippen LogP contribution in [-0.4, -0.2) is 4.57 Å². The van der Waals surface area contributed by atoms with E-state index in [2.05, 4.69) is 102 Å². The van der Waals surface area contributed by atoms with Gasteiger partial charge in [0.2, 0.25) is 0 Å². The third-order valence-electron chi connectivity index (χ3n) is 7.29. The Hall–Kier alpha value is -4.76. The van der Waals surface area contributed by atoms with E-state index >= 15 is 0 Å². The average Bonchev–Trinajstić information content (AvgIpc) is 3.46. The monoisotopic (exact) mass is 478 g/mol. The third kappa shape index (κ3) is 3.21. The molecule has 0 saturated carbocycles. The molecule has 0 aliphatic heterocycles. The zero-order chi connectivity index (χ0) is 25.1. The van der Waals surface area contributed by atoms with Gasteiger partial charge in [-0.25, -0.2) is 0 Å². The number of benzene rings is 5. The van der Waals surface area contributed by atoms with Crippen LogP contribution in [0.1, 0.15) is 18.1 Å². The van der Waals surface area contributed by atoms with Crippen LogP contribution in [0.25, 0.3) is 66.6 Å². The molecule has 0 radical (unpaired) electrons. The van der Waals surface area contributed by atoms with Crippen molar-refractivity contribution in [1.29, 1.82) is 0 Å². The first-order valence-electron chi connectivity index (χ1n) is 12.6. The van der Waals surface area contributed by atoms with E-state index in [1.165, 1.54) is 5.56 Å². The van der Waals surface area contributed by atoms with Crippen LogP contribution in [-0.2, 0) is 0 Å². The van der Waals surface area contributed by atoms with Crippen molar-refractivity contribution in [3.05, 3.63) is 114 Å². The highest BCUT2D eigenvalue weighted by molar-refractivity contribution is 6.16. The summed E-state index contributed by atoms with van der Waals surface area (Å²) in [5.74, 6) is 0. The van der Waals surface area contributed by atoms with Crippen LogP contribution in [0.2, 0.25) is 0 Å². The first-order chi connectivity index (χ1) is 18.1. The number of aryl methyl sites for hydroxylation is 1. The molecule has 37 heavy (non-hydrogen) atoms. The number of nitrogens with zero attached hydrogens (tertiary/aromatic N) is 1. The molecule has 2 N–H and O–H groups in total. The van der Waals surface area contributed by atoms with Crippen LogP contribution >= 0.6 is 0 Å². The molecule has 5 aromatic carbocycles. The Morgan fingerprint density at radius 3 is 2.41 bits per heavy atom. The highest BCUT2D eigenvalue weighted by Crippen LogP contribution is 2.40. The van der Waals surface area contributed by atoms with Crippen LogP contribution in [0, 0.1) is 6.92 Å². The number of anilines is 1. The molecule has 0 atom stereocenters. The summed E-state index contributed by atoms with van der Waals surface area (Å²) in [6, 6.07) is 34.2. The Balaban J connectivity index is 1.52. The van der Waals surface area contributed by atoms with E-state index in [0.717, 1.165) is 71.8 Å². The smallest absolute Gasteiger partial charge is 0.143 e. The first-order valence-corrected chi connectivity index (χ1v) is 12.6. The quantitative estimate of drug-likeness (QED) is 0.257. The van der Waals surface area contributed by atoms with Gasteiger partial charge in [-0.2, -0.15) is 0 Å². The van der Waals surface area contributed by atoms with E-state index < -0.39 is 0 Å². The van der Waals surface area contributed by atoms with Crippen molar-refractivity contribution in [3.8, 4) is 16.8 Å². The van der Waals surface area contributed by atoms with Crippen LogP contribution < -0.4 is 5.73 Å². The second-order valence-electron chi connectivity index (χ2n) is 9.65. The number of nitrogens with two attached hydrogens (primary N) is 1. The van der Waals surface area contributed by atoms with Crippen molar-refractivity contribution < 1.29 is 4.42 Å². The molecule has 0 aliphatic rings. The number of allylic oxidation sites excluding steroid dienone is 1. The van der Waals surface area contributed by atoms with Gasteiger partial charge >= 0.3 is 0 Å². The van der Waals surface area contributed by atoms with Crippen molar-refractivity contribution >= 4 is 55.5 Å². The molecule has 0 amide bonds. The Morgan fingerprint density at radius 2 is 1.54 bits per heavy atom. The Morgan fingerprint density at radius 1 is 0.757 bits per heavy atom. The molecule has 178 valence electrons. The molecule has 3 heteroatoms. The minimum absolute atomic E-state index is 0.811. The van der Waals surface area contributed by atoms with E-state index in [0.29, 0.717) is 0 Å². The molecule has 2 heterocycles. The Bertz CT molecular complexity index is 2020. The van der Waals surface area contributed by atoms with Gasteiger partial charge in [0.25, 0.3) is 0 Å². The standard InChI is InChI=1S/C34H26N2O/c1-3-9-22-16-17-30-32(33(22)35)28-11-4-6-14-29(28)36(30)24-19-21(2)18-23(20-24)25-12-8-13-27-26-10-5-7-15-31(26)37-34(25)27/h3-20H,35H2,1-2H3/b9-3-. The summed E-state index contributed by atoms with van der Waals surface area (Å²) in [6.07, 6.45) is 4.10. The van der Waals surface area contributed by atoms with Gasteiger partial charge in [0, 0.05) is 38.5 Å². The van der Waals surface area contributed by atoms with Crippen molar-refractivity contribution in [2.75, 3.05) is 5.73 Å². The first kappa shape index (κ1) is 21.5. The topological polar surface area (TPSA) is 44.1 Å². The summed E-state index contributed by atoms with van der Waals surface area (Å²) < 4.78 is 8.70. The number of furan rings is 1. The lowest BCUT2D eigenvalue weighted by atomic mass is 10.00. The molecule has 2 aromatic heterocycles. The van der Waals surface area contributed by atoms with Crippen LogP contribution in [0.4, 0.5) is 5.69 Å². The van der Waals surface area contributed by atoms with E-state index in [1.807, 2.05) is 25.1 Å². The summed E-state index contributed by atoms with van der Waals surface area (Å²) in [6.45, 7) is 4.17. The molecule has 0 spiro atoms. The van der Waals surface area contributed by atoms with Crippen molar-refractivity contribution in [2.45, 2.75) is 13.8 Å². The summed E-state index contributed by atoms with van der Waals surface area (Å²) in [5, 5.41) is 4.52. The number of hydrogen-bond acceptors (Lipinski definition) is 2. The molecule has 7 rings (SSSR count). The lowest BCUT2D eigenvalue weighted by molar-refractivity contribution is 0.670. The zero-order valence-corrected chi connectivity index (χ0v) is 20.8. The molecule has 7 aromatic rings. The highest BCUT2D eigenvalue weighted by Gasteiger charge is 2.18. The summed E-state index contributed by atoms with van der Waals surface area (Å²) in [5.41, 5.74) is 17.2. The normalized spacial score (nSPS) is 12.1. The van der Waals surface area contributed by atoms with Gasteiger partial charge in [0.05, 0.1) is 11.0 Å². The van der Waals surface area contributed by atoms with Gasteiger partial charge in [-0.1, -0.05) is 78.9 Å². The predicted octanol–water partition coefficient (Wildman–Crippen LogP) is 9.27.